The summed E-state index contributed by atoms with van der Waals surface area (Å²) in [6.45, 7) is 0.460. The Bertz CT molecular complexity index is 1140. The van der Waals surface area contributed by atoms with Gasteiger partial charge >= 0.3 is 0 Å². The van der Waals surface area contributed by atoms with Crippen molar-refractivity contribution in [2.45, 2.75) is 50.2 Å². The van der Waals surface area contributed by atoms with Crippen molar-refractivity contribution < 1.29 is 9.18 Å². The molecular weight excluding hydrogens is 449 g/mol. The Morgan fingerprint density at radius 2 is 1.94 bits per heavy atom. The van der Waals surface area contributed by atoms with E-state index < -0.39 is 0 Å². The summed E-state index contributed by atoms with van der Waals surface area (Å²) < 4.78 is 15.5. The molecule has 0 spiro atoms. The van der Waals surface area contributed by atoms with Gasteiger partial charge in [0.1, 0.15) is 5.82 Å². The largest absolute Gasteiger partial charge is 0.352 e. The van der Waals surface area contributed by atoms with Crippen LogP contribution in [0.3, 0.4) is 0 Å². The second-order valence-electron chi connectivity index (χ2n) is 8.96. The molecule has 2 aromatic heterocycles. The first-order valence-corrected chi connectivity index (χ1v) is 12.2. The third-order valence-electron chi connectivity index (χ3n) is 6.73. The van der Waals surface area contributed by atoms with Gasteiger partial charge in [-0.3, -0.25) is 9.78 Å². The van der Waals surface area contributed by atoms with E-state index in [1.54, 1.807) is 18.3 Å². The van der Waals surface area contributed by atoms with Crippen LogP contribution in [0.1, 0.15) is 61.5 Å². The van der Waals surface area contributed by atoms with Crippen LogP contribution in [0.25, 0.3) is 0 Å². The van der Waals surface area contributed by atoms with Crippen LogP contribution in [0.5, 0.6) is 0 Å². The third-order valence-corrected chi connectivity index (χ3v) is 7.08. The van der Waals surface area contributed by atoms with E-state index in [0.29, 0.717) is 23.4 Å². The van der Waals surface area contributed by atoms with Gasteiger partial charge < -0.3 is 20.1 Å². The number of anilines is 1. The molecular formula is C26H28FN5OS. The second-order valence-corrected chi connectivity index (χ2v) is 9.34. The highest BCUT2D eigenvalue weighted by Crippen LogP contribution is 2.40. The van der Waals surface area contributed by atoms with Crippen molar-refractivity contribution in [1.82, 2.24) is 19.8 Å². The number of hydrogen-bond donors (Lipinski definition) is 2. The molecule has 1 aliphatic carbocycles. The summed E-state index contributed by atoms with van der Waals surface area (Å²) in [6, 6.07) is 14.2. The Hall–Kier alpha value is -3.26. The maximum absolute atomic E-state index is 13.2. The van der Waals surface area contributed by atoms with E-state index in [1.807, 2.05) is 18.2 Å². The highest BCUT2D eigenvalue weighted by atomic mass is 32.1. The van der Waals surface area contributed by atoms with Crippen LogP contribution in [0.15, 0.2) is 67.1 Å². The minimum absolute atomic E-state index is 0.0660. The summed E-state index contributed by atoms with van der Waals surface area (Å²) in [6.07, 6.45) is 11.4. The van der Waals surface area contributed by atoms with Gasteiger partial charge in [-0.15, -0.1) is 0 Å². The van der Waals surface area contributed by atoms with Crippen molar-refractivity contribution >= 4 is 28.9 Å². The van der Waals surface area contributed by atoms with Crippen molar-refractivity contribution in [2.75, 3.05) is 11.9 Å². The third kappa shape index (κ3) is 4.82. The molecule has 1 aliphatic heterocycles. The van der Waals surface area contributed by atoms with E-state index in [9.17, 15) is 9.18 Å². The molecule has 2 atom stereocenters. The Morgan fingerprint density at radius 3 is 2.68 bits per heavy atom. The first-order valence-electron chi connectivity index (χ1n) is 11.8. The molecule has 8 heteroatoms. The minimum Gasteiger partial charge on any atom is -0.352 e. The highest BCUT2D eigenvalue weighted by Gasteiger charge is 2.40. The summed E-state index contributed by atoms with van der Waals surface area (Å²) in [5, 5.41) is 6.89. The topological polar surface area (TPSA) is 62.2 Å². The molecule has 34 heavy (non-hydrogen) atoms. The fourth-order valence-electron chi connectivity index (χ4n) is 5.02. The maximum atomic E-state index is 13.2. The van der Waals surface area contributed by atoms with Gasteiger partial charge in [0, 0.05) is 43.3 Å². The Balaban J connectivity index is 1.35. The molecule has 5 rings (SSSR count). The number of thiocarbonyl (C=S) groups is 1. The molecule has 6 nitrogen and oxygen atoms in total. The molecule has 3 heterocycles. The molecule has 2 aliphatic rings. The number of benzene rings is 1. The van der Waals surface area contributed by atoms with Crippen molar-refractivity contribution in [3.8, 4) is 0 Å². The van der Waals surface area contributed by atoms with Crippen molar-refractivity contribution in [2.24, 2.45) is 0 Å². The van der Waals surface area contributed by atoms with E-state index in [-0.39, 0.29) is 30.2 Å². The first kappa shape index (κ1) is 22.5. The van der Waals surface area contributed by atoms with Gasteiger partial charge in [0.25, 0.3) is 0 Å². The lowest BCUT2D eigenvalue weighted by molar-refractivity contribution is -0.116. The van der Waals surface area contributed by atoms with Gasteiger partial charge in [0.2, 0.25) is 5.91 Å². The first-order chi connectivity index (χ1) is 16.6. The summed E-state index contributed by atoms with van der Waals surface area (Å²) in [5.41, 5.74) is 2.65. The molecule has 1 saturated heterocycles. The summed E-state index contributed by atoms with van der Waals surface area (Å²) in [5.74, 6) is -0.475. The summed E-state index contributed by atoms with van der Waals surface area (Å²) in [7, 11) is 0. The maximum Gasteiger partial charge on any atom is 0.226 e. The van der Waals surface area contributed by atoms with Crippen LogP contribution in [0.2, 0.25) is 0 Å². The van der Waals surface area contributed by atoms with Gasteiger partial charge in [-0.2, -0.15) is 0 Å². The number of nitrogens with zero attached hydrogens (tertiary/aromatic N) is 3. The van der Waals surface area contributed by atoms with Crippen LogP contribution < -0.4 is 10.6 Å². The molecule has 0 radical (unpaired) electrons. The van der Waals surface area contributed by atoms with E-state index in [0.717, 1.165) is 11.3 Å². The molecule has 0 bridgehead atoms. The lowest BCUT2D eigenvalue weighted by atomic mass is 9.99. The number of hydrogen-bond acceptors (Lipinski definition) is 3. The molecule has 1 amide bonds. The van der Waals surface area contributed by atoms with Crippen molar-refractivity contribution in [1.29, 1.82) is 0 Å². The van der Waals surface area contributed by atoms with E-state index in [1.165, 1.54) is 37.8 Å². The average Bonchev–Trinajstić information content (AvgIpc) is 3.60. The summed E-state index contributed by atoms with van der Waals surface area (Å²) in [4.78, 5) is 19.3. The van der Waals surface area contributed by atoms with Crippen molar-refractivity contribution in [3.63, 3.8) is 0 Å². The minimum atomic E-state index is -0.334. The van der Waals surface area contributed by atoms with Crippen molar-refractivity contribution in [3.05, 3.63) is 84.2 Å². The number of halogens is 1. The van der Waals surface area contributed by atoms with Gasteiger partial charge in [-0.05, 0) is 73.1 Å². The normalized spacial score (nSPS) is 20.5. The zero-order valence-electron chi connectivity index (χ0n) is 18.9. The Kier molecular flexibility index (Phi) is 6.58. The van der Waals surface area contributed by atoms with E-state index in [2.05, 4.69) is 43.5 Å². The quantitative estimate of drug-likeness (QED) is 0.462. The average molecular weight is 478 g/mol. The molecule has 2 N–H and O–H groups in total. The van der Waals surface area contributed by atoms with Gasteiger partial charge in [0.05, 0.1) is 17.8 Å². The van der Waals surface area contributed by atoms with Crippen LogP contribution in [-0.4, -0.2) is 32.0 Å². The van der Waals surface area contributed by atoms with Crippen LogP contribution in [-0.2, 0) is 4.79 Å². The molecule has 2 fully saturated rings. The SMILES string of the molecule is O=C(CCN1C(=S)NC(c2ccccn2)C1c1ccn(C2CCCC2)c1)Nc1ccc(F)cc1. The second kappa shape index (κ2) is 9.93. The van der Waals surface area contributed by atoms with Crippen LogP contribution >= 0.6 is 12.2 Å². The zero-order chi connectivity index (χ0) is 23.5. The number of carbonyl (C=O) groups excluding carboxylic acids is 1. The van der Waals surface area contributed by atoms with Crippen LogP contribution in [0.4, 0.5) is 10.1 Å². The number of carbonyl (C=O) groups is 1. The molecule has 3 aromatic rings. The molecule has 2 unspecified atom stereocenters. The standard InChI is InChI=1S/C26H28FN5OS/c27-19-8-10-20(11-9-19)29-23(33)13-16-32-25(18-12-15-31(17-18)21-5-1-2-6-21)24(30-26(32)34)22-7-3-4-14-28-22/h3-4,7-12,14-15,17,21,24-25H,1-2,5-6,13,16H2,(H,29,33)(H,30,34). The van der Waals surface area contributed by atoms with E-state index >= 15 is 0 Å². The smallest absolute Gasteiger partial charge is 0.226 e. The fraction of sp³-hybridized carbons (Fsp3) is 0.346. The highest BCUT2D eigenvalue weighted by molar-refractivity contribution is 7.80. The number of aromatic nitrogens is 2. The number of nitrogens with one attached hydrogen (secondary N) is 2. The Labute approximate surface area is 204 Å². The summed E-state index contributed by atoms with van der Waals surface area (Å²) >= 11 is 5.71. The predicted octanol–water partition coefficient (Wildman–Crippen LogP) is 5.14. The van der Waals surface area contributed by atoms with Gasteiger partial charge in [0.15, 0.2) is 5.11 Å². The predicted molar refractivity (Wildman–Crippen MR) is 134 cm³/mol. The molecule has 1 aromatic carbocycles. The zero-order valence-corrected chi connectivity index (χ0v) is 19.7. The Morgan fingerprint density at radius 1 is 1.15 bits per heavy atom. The van der Waals surface area contributed by atoms with Gasteiger partial charge in [-0.1, -0.05) is 18.9 Å². The fourth-order valence-corrected chi connectivity index (χ4v) is 5.36. The lowest BCUT2D eigenvalue weighted by Gasteiger charge is -2.27. The van der Waals surface area contributed by atoms with E-state index in [4.69, 9.17) is 12.2 Å². The lowest BCUT2D eigenvalue weighted by Crippen LogP contribution is -2.32. The monoisotopic (exact) mass is 477 g/mol. The number of amides is 1. The van der Waals surface area contributed by atoms with Gasteiger partial charge in [-0.25, -0.2) is 4.39 Å². The number of pyridine rings is 1. The molecule has 176 valence electrons. The number of rotatable bonds is 7. The van der Waals surface area contributed by atoms with Crippen LogP contribution in [0, 0.1) is 5.82 Å². The molecule has 1 saturated carbocycles.